The second-order valence-electron chi connectivity index (χ2n) is 8.72. The second-order valence-corrected chi connectivity index (χ2v) is 8.72. The first kappa shape index (κ1) is 29.4. The van der Waals surface area contributed by atoms with Gasteiger partial charge in [-0.15, -0.1) is 0 Å². The van der Waals surface area contributed by atoms with Crippen LogP contribution in [-0.4, -0.2) is 24.8 Å². The van der Waals surface area contributed by atoms with Crippen LogP contribution >= 0.6 is 0 Å². The van der Waals surface area contributed by atoms with E-state index >= 15 is 0 Å². The minimum absolute atomic E-state index is 0.149. The highest BCUT2D eigenvalue weighted by Gasteiger charge is 2.48. The average Bonchev–Trinajstić information content (AvgIpc) is 2.75. The molecule has 4 nitrogen and oxygen atoms in total. The van der Waals surface area contributed by atoms with E-state index < -0.39 is 5.60 Å². The number of hydrogen-bond acceptors (Lipinski definition) is 4. The molecule has 30 heavy (non-hydrogen) atoms. The van der Waals surface area contributed by atoms with Gasteiger partial charge in [-0.25, -0.2) is 14.6 Å². The maximum absolute atomic E-state index is 13.4. The van der Waals surface area contributed by atoms with Crippen molar-refractivity contribution in [2.45, 2.75) is 143 Å². The predicted octanol–water partition coefficient (Wildman–Crippen LogP) is 8.17. The van der Waals surface area contributed by atoms with Crippen LogP contribution in [0, 0.1) is 5.92 Å². The number of carbonyl (C=O) groups excluding carboxylic acids is 1. The van der Waals surface area contributed by atoms with Crippen LogP contribution in [0.5, 0.6) is 0 Å². The topological polar surface area (TPSA) is 44.8 Å². The number of unbranched alkanes of at least 4 members (excludes halogenated alkanes) is 9. The Bertz CT molecular complexity index is 385. The summed E-state index contributed by atoms with van der Waals surface area (Å²) in [6, 6.07) is 0. The lowest BCUT2D eigenvalue weighted by atomic mass is 9.77. The highest BCUT2D eigenvalue weighted by atomic mass is 17.2. The van der Waals surface area contributed by atoms with Gasteiger partial charge in [0.1, 0.15) is 0 Å². The van der Waals surface area contributed by atoms with Gasteiger partial charge in [0.15, 0.2) is 0 Å². The molecule has 0 amide bonds. The summed E-state index contributed by atoms with van der Waals surface area (Å²) in [5, 5.41) is 0. The molecular formula is C26H52O4. The van der Waals surface area contributed by atoms with Gasteiger partial charge >= 0.3 is 5.97 Å². The molecule has 0 saturated carbocycles. The first-order chi connectivity index (χ1) is 14.6. The molecule has 0 aromatic carbocycles. The Hall–Kier alpha value is -0.610. The molecule has 0 bridgehead atoms. The van der Waals surface area contributed by atoms with Crippen molar-refractivity contribution in [2.75, 3.05) is 13.2 Å². The van der Waals surface area contributed by atoms with Crippen molar-refractivity contribution in [3.8, 4) is 0 Å². The molecule has 0 heterocycles. The number of carbonyl (C=O) groups is 1. The third kappa shape index (κ3) is 12.3. The van der Waals surface area contributed by atoms with Crippen molar-refractivity contribution in [1.82, 2.24) is 0 Å². The van der Waals surface area contributed by atoms with Gasteiger partial charge in [0.05, 0.1) is 13.2 Å². The third-order valence-corrected chi connectivity index (χ3v) is 6.01. The van der Waals surface area contributed by atoms with Crippen molar-refractivity contribution in [3.05, 3.63) is 0 Å². The standard InChI is InChI=1S/C26H52O4/c1-6-11-14-17-21-24(20-9-4)26(30-29-10-5,22-18-15-12-7-2)25(27)28-23-19-16-13-8-3/h24H,6-23H2,1-5H3. The van der Waals surface area contributed by atoms with E-state index in [1.165, 1.54) is 44.9 Å². The van der Waals surface area contributed by atoms with Gasteiger partial charge in [0.25, 0.3) is 0 Å². The number of ether oxygens (including phenoxy) is 1. The lowest BCUT2D eigenvalue weighted by Gasteiger charge is -2.37. The van der Waals surface area contributed by atoms with E-state index in [0.29, 0.717) is 19.6 Å². The molecule has 0 aromatic heterocycles. The van der Waals surface area contributed by atoms with Crippen molar-refractivity contribution < 1.29 is 19.3 Å². The zero-order chi connectivity index (χ0) is 22.5. The summed E-state index contributed by atoms with van der Waals surface area (Å²) in [5.41, 5.74) is -0.962. The maximum Gasteiger partial charge on any atom is 0.342 e. The fraction of sp³-hybridized carbons (Fsp3) is 0.962. The van der Waals surface area contributed by atoms with Gasteiger partial charge < -0.3 is 4.74 Å². The van der Waals surface area contributed by atoms with Crippen molar-refractivity contribution in [3.63, 3.8) is 0 Å². The van der Waals surface area contributed by atoms with E-state index in [2.05, 4.69) is 27.7 Å². The van der Waals surface area contributed by atoms with Gasteiger partial charge in [0.2, 0.25) is 5.60 Å². The van der Waals surface area contributed by atoms with Crippen LogP contribution in [0.3, 0.4) is 0 Å². The molecule has 0 aliphatic rings. The molecule has 0 rings (SSSR count). The van der Waals surface area contributed by atoms with E-state index in [-0.39, 0.29) is 11.9 Å². The van der Waals surface area contributed by atoms with Gasteiger partial charge in [-0.1, -0.05) is 98.3 Å². The van der Waals surface area contributed by atoms with E-state index in [4.69, 9.17) is 14.5 Å². The summed E-state index contributed by atoms with van der Waals surface area (Å²) in [7, 11) is 0. The molecule has 4 heteroatoms. The smallest absolute Gasteiger partial charge is 0.342 e. The molecule has 2 unspecified atom stereocenters. The van der Waals surface area contributed by atoms with E-state index in [1.54, 1.807) is 0 Å². The lowest BCUT2D eigenvalue weighted by Crippen LogP contribution is -2.50. The van der Waals surface area contributed by atoms with Gasteiger partial charge in [0, 0.05) is 5.92 Å². The molecule has 0 aliphatic heterocycles. The largest absolute Gasteiger partial charge is 0.463 e. The first-order valence-corrected chi connectivity index (χ1v) is 13.1. The van der Waals surface area contributed by atoms with Crippen LogP contribution in [-0.2, 0) is 19.3 Å². The Morgan fingerprint density at radius 1 is 0.700 bits per heavy atom. The lowest BCUT2D eigenvalue weighted by molar-refractivity contribution is -0.366. The molecular weight excluding hydrogens is 376 g/mol. The fourth-order valence-electron chi connectivity index (χ4n) is 4.19. The molecule has 0 N–H and O–H groups in total. The van der Waals surface area contributed by atoms with Crippen LogP contribution in [0.1, 0.15) is 137 Å². The Kier molecular flexibility index (Phi) is 19.9. The summed E-state index contributed by atoms with van der Waals surface area (Å²) < 4.78 is 5.82. The minimum Gasteiger partial charge on any atom is -0.463 e. The highest BCUT2D eigenvalue weighted by Crippen LogP contribution is 2.37. The molecule has 180 valence electrons. The number of rotatable bonds is 22. The molecule has 0 radical (unpaired) electrons. The summed E-state index contributed by atoms with van der Waals surface area (Å²) in [6.07, 6.45) is 17.4. The fourth-order valence-corrected chi connectivity index (χ4v) is 4.19. The molecule has 0 fully saturated rings. The molecule has 0 aliphatic carbocycles. The Balaban J connectivity index is 5.40. The van der Waals surface area contributed by atoms with Crippen LogP contribution in [0.25, 0.3) is 0 Å². The number of hydrogen-bond donors (Lipinski definition) is 0. The van der Waals surface area contributed by atoms with Crippen LogP contribution in [0.2, 0.25) is 0 Å². The zero-order valence-electron chi connectivity index (χ0n) is 20.9. The first-order valence-electron chi connectivity index (χ1n) is 13.1. The van der Waals surface area contributed by atoms with E-state index in [1.807, 2.05) is 6.92 Å². The van der Waals surface area contributed by atoms with Crippen LogP contribution in [0.4, 0.5) is 0 Å². The van der Waals surface area contributed by atoms with E-state index in [9.17, 15) is 4.79 Å². The summed E-state index contributed by atoms with van der Waals surface area (Å²) in [4.78, 5) is 24.9. The quantitative estimate of drug-likeness (QED) is 0.0754. The zero-order valence-corrected chi connectivity index (χ0v) is 20.9. The Morgan fingerprint density at radius 2 is 1.30 bits per heavy atom. The molecule has 2 atom stereocenters. The summed E-state index contributed by atoms with van der Waals surface area (Å²) in [5.74, 6) is -0.0476. The van der Waals surface area contributed by atoms with Crippen molar-refractivity contribution in [2.24, 2.45) is 5.92 Å². The third-order valence-electron chi connectivity index (χ3n) is 6.01. The van der Waals surface area contributed by atoms with Crippen LogP contribution < -0.4 is 0 Å². The van der Waals surface area contributed by atoms with Crippen molar-refractivity contribution in [1.29, 1.82) is 0 Å². The van der Waals surface area contributed by atoms with E-state index in [0.717, 1.165) is 51.4 Å². The van der Waals surface area contributed by atoms with Gasteiger partial charge in [-0.2, -0.15) is 0 Å². The predicted molar refractivity (Wildman–Crippen MR) is 126 cm³/mol. The molecule has 0 saturated heterocycles. The van der Waals surface area contributed by atoms with Gasteiger partial charge in [-0.3, -0.25) is 0 Å². The highest BCUT2D eigenvalue weighted by molar-refractivity contribution is 5.80. The Morgan fingerprint density at radius 3 is 1.87 bits per heavy atom. The van der Waals surface area contributed by atoms with Crippen molar-refractivity contribution >= 4 is 5.97 Å². The minimum atomic E-state index is -0.962. The Labute approximate surface area is 187 Å². The number of esters is 1. The van der Waals surface area contributed by atoms with Crippen LogP contribution in [0.15, 0.2) is 0 Å². The summed E-state index contributed by atoms with van der Waals surface area (Å²) >= 11 is 0. The monoisotopic (exact) mass is 428 g/mol. The SMILES string of the molecule is CCCCCCOC(=O)C(CCCCCC)(OOCC)C(CCC)CCCCCC. The molecule has 0 aromatic rings. The normalized spacial score (nSPS) is 14.4. The molecule has 0 spiro atoms. The summed E-state index contributed by atoms with van der Waals surface area (Å²) in [6.45, 7) is 11.7. The second kappa shape index (κ2) is 20.3. The average molecular weight is 429 g/mol. The maximum atomic E-state index is 13.4. The van der Waals surface area contributed by atoms with Gasteiger partial charge in [-0.05, 0) is 39.0 Å².